The number of rotatable bonds is 7. The number of carbonyl (C=O) groups excluding carboxylic acids is 1. The Labute approximate surface area is 159 Å². The minimum absolute atomic E-state index is 0.144. The Hall–Kier alpha value is -2.95. The second-order valence-electron chi connectivity index (χ2n) is 6.74. The van der Waals surface area contributed by atoms with Crippen LogP contribution in [0.1, 0.15) is 55.2 Å². The van der Waals surface area contributed by atoms with Crippen molar-refractivity contribution in [1.82, 2.24) is 15.1 Å². The van der Waals surface area contributed by atoms with Crippen LogP contribution in [0.4, 0.5) is 0 Å². The van der Waals surface area contributed by atoms with Gasteiger partial charge in [-0.05, 0) is 25.0 Å². The molecule has 1 N–H and O–H groups in total. The first kappa shape index (κ1) is 18.8. The van der Waals surface area contributed by atoms with Crippen molar-refractivity contribution in [2.24, 2.45) is 0 Å². The zero-order valence-corrected chi connectivity index (χ0v) is 15.8. The fourth-order valence-corrected chi connectivity index (χ4v) is 3.16. The maximum absolute atomic E-state index is 12.9. The van der Waals surface area contributed by atoms with Gasteiger partial charge in [0.2, 0.25) is 0 Å². The Kier molecular flexibility index (Phi) is 6.01. The molecule has 0 aliphatic carbocycles. The monoisotopic (exact) mass is 363 g/mol. The summed E-state index contributed by atoms with van der Waals surface area (Å²) in [6, 6.07) is 16.8. The number of benzene rings is 2. The predicted molar refractivity (Wildman–Crippen MR) is 108 cm³/mol. The van der Waals surface area contributed by atoms with Gasteiger partial charge in [-0.3, -0.25) is 9.59 Å². The molecule has 2 aromatic carbocycles. The van der Waals surface area contributed by atoms with Crippen molar-refractivity contribution in [3.05, 3.63) is 76.2 Å². The minimum atomic E-state index is -0.271. The predicted octanol–water partition coefficient (Wildman–Crippen LogP) is 4.08. The van der Waals surface area contributed by atoms with Crippen molar-refractivity contribution in [3.8, 4) is 0 Å². The van der Waals surface area contributed by atoms with Gasteiger partial charge in [0.15, 0.2) is 5.69 Å². The van der Waals surface area contributed by atoms with E-state index >= 15 is 0 Å². The molecular formula is C22H25N3O2. The number of amides is 1. The molecule has 27 heavy (non-hydrogen) atoms. The highest BCUT2D eigenvalue weighted by Crippen LogP contribution is 2.16. The van der Waals surface area contributed by atoms with Crippen molar-refractivity contribution < 1.29 is 4.79 Å². The zero-order chi connectivity index (χ0) is 19.2. The van der Waals surface area contributed by atoms with Crippen LogP contribution in [-0.4, -0.2) is 15.7 Å². The molecule has 1 amide bonds. The molecule has 0 spiro atoms. The van der Waals surface area contributed by atoms with E-state index in [0.717, 1.165) is 24.8 Å². The smallest absolute Gasteiger partial charge is 0.274 e. The highest BCUT2D eigenvalue weighted by molar-refractivity contribution is 6.04. The van der Waals surface area contributed by atoms with Crippen LogP contribution in [0.2, 0.25) is 0 Å². The lowest BCUT2D eigenvalue weighted by Crippen LogP contribution is -2.32. The topological polar surface area (TPSA) is 64.0 Å². The van der Waals surface area contributed by atoms with Crippen molar-refractivity contribution in [2.75, 3.05) is 0 Å². The Morgan fingerprint density at radius 1 is 1.04 bits per heavy atom. The maximum Gasteiger partial charge on any atom is 0.274 e. The van der Waals surface area contributed by atoms with Crippen molar-refractivity contribution in [2.45, 2.75) is 45.7 Å². The van der Waals surface area contributed by atoms with E-state index in [9.17, 15) is 9.59 Å². The molecule has 1 heterocycles. The number of aromatic nitrogens is 2. The molecule has 0 radical (unpaired) electrons. The molecule has 0 aliphatic rings. The molecule has 0 saturated heterocycles. The molecule has 140 valence electrons. The van der Waals surface area contributed by atoms with E-state index in [2.05, 4.69) is 17.3 Å². The van der Waals surface area contributed by atoms with Crippen LogP contribution in [0.25, 0.3) is 10.8 Å². The molecule has 3 rings (SSSR count). The fraction of sp³-hybridized carbons (Fsp3) is 0.318. The molecule has 1 unspecified atom stereocenters. The van der Waals surface area contributed by atoms with Crippen LogP contribution >= 0.6 is 0 Å². The van der Waals surface area contributed by atoms with Gasteiger partial charge in [-0.2, -0.15) is 5.10 Å². The summed E-state index contributed by atoms with van der Waals surface area (Å²) < 4.78 is 1.43. The van der Waals surface area contributed by atoms with Gasteiger partial charge in [-0.25, -0.2) is 4.68 Å². The summed E-state index contributed by atoms with van der Waals surface area (Å²) in [5.41, 5.74) is 1.17. The van der Waals surface area contributed by atoms with Gasteiger partial charge in [0, 0.05) is 11.9 Å². The molecule has 5 heteroatoms. The summed E-state index contributed by atoms with van der Waals surface area (Å²) in [6.45, 7) is 4.57. The first-order valence-corrected chi connectivity index (χ1v) is 9.47. The number of nitrogens with one attached hydrogen (secondary N) is 1. The SMILES string of the molecule is CCCCCn1nc(C(=O)NC(C)c2ccccc2)c2ccccc2c1=O. The highest BCUT2D eigenvalue weighted by atomic mass is 16.2. The molecule has 1 atom stereocenters. The van der Waals surface area contributed by atoms with E-state index in [4.69, 9.17) is 0 Å². The lowest BCUT2D eigenvalue weighted by atomic mass is 10.1. The van der Waals surface area contributed by atoms with E-state index in [0.29, 0.717) is 23.0 Å². The lowest BCUT2D eigenvalue weighted by Gasteiger charge is -2.16. The van der Waals surface area contributed by atoms with Crippen molar-refractivity contribution >= 4 is 16.7 Å². The average molecular weight is 363 g/mol. The van der Waals surface area contributed by atoms with E-state index in [-0.39, 0.29) is 17.5 Å². The number of carbonyl (C=O) groups is 1. The maximum atomic E-state index is 12.9. The van der Waals surface area contributed by atoms with Gasteiger partial charge < -0.3 is 5.32 Å². The third-order valence-electron chi connectivity index (χ3n) is 4.70. The average Bonchev–Trinajstić information content (AvgIpc) is 2.70. The zero-order valence-electron chi connectivity index (χ0n) is 15.8. The summed E-state index contributed by atoms with van der Waals surface area (Å²) >= 11 is 0. The first-order chi connectivity index (χ1) is 13.1. The second kappa shape index (κ2) is 8.62. The third kappa shape index (κ3) is 4.25. The summed E-state index contributed by atoms with van der Waals surface area (Å²) in [5.74, 6) is -0.271. The fourth-order valence-electron chi connectivity index (χ4n) is 3.16. The van der Waals surface area contributed by atoms with Gasteiger partial charge in [0.1, 0.15) is 0 Å². The Balaban J connectivity index is 1.95. The minimum Gasteiger partial charge on any atom is -0.344 e. The number of fused-ring (bicyclic) bond motifs is 1. The van der Waals surface area contributed by atoms with Gasteiger partial charge in [0.05, 0.1) is 11.4 Å². The largest absolute Gasteiger partial charge is 0.344 e. The molecule has 0 bridgehead atoms. The highest BCUT2D eigenvalue weighted by Gasteiger charge is 2.18. The normalized spacial score (nSPS) is 12.1. The number of hydrogen-bond acceptors (Lipinski definition) is 3. The quantitative estimate of drug-likeness (QED) is 0.643. The van der Waals surface area contributed by atoms with E-state index in [1.54, 1.807) is 12.1 Å². The first-order valence-electron chi connectivity index (χ1n) is 9.47. The van der Waals surface area contributed by atoms with Gasteiger partial charge >= 0.3 is 0 Å². The van der Waals surface area contributed by atoms with Crippen LogP contribution in [-0.2, 0) is 6.54 Å². The Bertz CT molecular complexity index is 980. The van der Waals surface area contributed by atoms with Gasteiger partial charge in [-0.1, -0.05) is 68.3 Å². The molecule has 3 aromatic rings. The molecule has 1 aromatic heterocycles. The van der Waals surface area contributed by atoms with E-state index in [1.165, 1.54) is 4.68 Å². The molecule has 0 saturated carbocycles. The van der Waals surface area contributed by atoms with Crippen LogP contribution in [0.15, 0.2) is 59.4 Å². The third-order valence-corrected chi connectivity index (χ3v) is 4.70. The van der Waals surface area contributed by atoms with Crippen molar-refractivity contribution in [1.29, 1.82) is 0 Å². The Morgan fingerprint density at radius 2 is 1.70 bits per heavy atom. The summed E-state index contributed by atoms with van der Waals surface area (Å²) in [7, 11) is 0. The molecule has 0 aliphatic heterocycles. The Morgan fingerprint density at radius 3 is 2.41 bits per heavy atom. The summed E-state index contributed by atoms with van der Waals surface area (Å²) in [5, 5.41) is 8.53. The van der Waals surface area contributed by atoms with Gasteiger partial charge in [0.25, 0.3) is 11.5 Å². The number of aryl methyl sites for hydroxylation is 1. The number of nitrogens with zero attached hydrogens (tertiary/aromatic N) is 2. The van der Waals surface area contributed by atoms with Crippen LogP contribution < -0.4 is 10.9 Å². The van der Waals surface area contributed by atoms with E-state index in [1.807, 2.05) is 49.4 Å². The van der Waals surface area contributed by atoms with Crippen molar-refractivity contribution in [3.63, 3.8) is 0 Å². The molecule has 5 nitrogen and oxygen atoms in total. The second-order valence-corrected chi connectivity index (χ2v) is 6.74. The van der Waals surface area contributed by atoms with Gasteiger partial charge in [-0.15, -0.1) is 0 Å². The van der Waals surface area contributed by atoms with E-state index < -0.39 is 0 Å². The molecule has 0 fully saturated rings. The standard InChI is InChI=1S/C22H25N3O2/c1-3-4-10-15-25-22(27)19-14-9-8-13-18(19)20(24-25)21(26)23-16(2)17-11-6-5-7-12-17/h5-9,11-14,16H,3-4,10,15H2,1-2H3,(H,23,26). The van der Waals surface area contributed by atoms with Crippen LogP contribution in [0.5, 0.6) is 0 Å². The van der Waals surface area contributed by atoms with Crippen LogP contribution in [0, 0.1) is 0 Å². The molecular weight excluding hydrogens is 338 g/mol. The summed E-state index contributed by atoms with van der Waals surface area (Å²) in [6.07, 6.45) is 2.95. The number of unbranched alkanes of at least 4 members (excludes halogenated alkanes) is 2. The summed E-state index contributed by atoms with van der Waals surface area (Å²) in [4.78, 5) is 25.7. The number of hydrogen-bond donors (Lipinski definition) is 1. The van der Waals surface area contributed by atoms with Crippen LogP contribution in [0.3, 0.4) is 0 Å². The lowest BCUT2D eigenvalue weighted by molar-refractivity contribution is 0.0934.